The number of oxazole rings is 1. The molecular weight excluding hydrogens is 450 g/mol. The minimum Gasteiger partial charge on any atom is -0.482 e. The number of carbonyl (C=O) groups is 1. The first kappa shape index (κ1) is 23.1. The Labute approximate surface area is 210 Å². The van der Waals surface area contributed by atoms with Crippen molar-refractivity contribution in [2.45, 2.75) is 6.92 Å². The highest BCUT2D eigenvalue weighted by Gasteiger charge is 2.18. The summed E-state index contributed by atoms with van der Waals surface area (Å²) in [5.41, 5.74) is 5.57. The Morgan fingerprint density at radius 1 is 0.722 bits per heavy atom. The summed E-state index contributed by atoms with van der Waals surface area (Å²) >= 11 is 0. The van der Waals surface area contributed by atoms with Gasteiger partial charge in [0, 0.05) is 16.7 Å². The van der Waals surface area contributed by atoms with Crippen molar-refractivity contribution in [3.05, 3.63) is 109 Å². The molecule has 0 spiro atoms. The highest BCUT2D eigenvalue weighted by Crippen LogP contribution is 2.37. The molecule has 5 heteroatoms. The molecule has 0 N–H and O–H groups in total. The average Bonchev–Trinajstić information content (AvgIpc) is 3.39. The zero-order valence-corrected chi connectivity index (χ0v) is 19.9. The molecule has 36 heavy (non-hydrogen) atoms. The maximum absolute atomic E-state index is 11.6. The lowest BCUT2D eigenvalue weighted by Gasteiger charge is -2.08. The summed E-state index contributed by atoms with van der Waals surface area (Å²) in [5, 5.41) is 0. The third-order valence-corrected chi connectivity index (χ3v) is 5.65. The minimum absolute atomic E-state index is 0.127. The van der Waals surface area contributed by atoms with E-state index in [-0.39, 0.29) is 6.61 Å². The molecule has 0 aliphatic rings. The van der Waals surface area contributed by atoms with Crippen molar-refractivity contribution in [2.24, 2.45) is 0 Å². The van der Waals surface area contributed by atoms with E-state index in [1.807, 2.05) is 109 Å². The van der Waals surface area contributed by atoms with Gasteiger partial charge in [0.15, 0.2) is 12.4 Å². The topological polar surface area (TPSA) is 61.6 Å². The van der Waals surface area contributed by atoms with Crippen molar-refractivity contribution in [3.8, 4) is 50.9 Å². The third-order valence-electron chi connectivity index (χ3n) is 5.65. The van der Waals surface area contributed by atoms with Gasteiger partial charge in [-0.15, -0.1) is 0 Å². The summed E-state index contributed by atoms with van der Waals surface area (Å²) in [4.78, 5) is 16.5. The number of nitrogens with zero attached hydrogens (tertiary/aromatic N) is 1. The van der Waals surface area contributed by atoms with Crippen LogP contribution in [0.5, 0.6) is 5.75 Å². The monoisotopic (exact) mass is 475 g/mol. The second kappa shape index (κ2) is 10.7. The van der Waals surface area contributed by atoms with E-state index in [1.165, 1.54) is 0 Å². The number of benzene rings is 4. The van der Waals surface area contributed by atoms with E-state index in [4.69, 9.17) is 18.9 Å². The van der Waals surface area contributed by atoms with Crippen molar-refractivity contribution >= 4 is 5.97 Å². The zero-order chi connectivity index (χ0) is 24.7. The Morgan fingerprint density at radius 3 is 2.06 bits per heavy atom. The molecule has 5 aromatic rings. The van der Waals surface area contributed by atoms with Crippen LogP contribution in [0.3, 0.4) is 0 Å². The third kappa shape index (κ3) is 5.20. The number of esters is 1. The van der Waals surface area contributed by atoms with Crippen LogP contribution in [-0.4, -0.2) is 24.2 Å². The molecule has 0 fully saturated rings. The summed E-state index contributed by atoms with van der Waals surface area (Å²) in [6, 6.07) is 35.7. The second-order valence-corrected chi connectivity index (χ2v) is 8.13. The lowest BCUT2D eigenvalue weighted by Crippen LogP contribution is -2.14. The lowest BCUT2D eigenvalue weighted by atomic mass is 10.0. The Bertz CT molecular complexity index is 1400. The molecule has 0 aliphatic heterocycles. The maximum Gasteiger partial charge on any atom is 0.344 e. The molecule has 1 aromatic heterocycles. The number of rotatable bonds is 8. The SMILES string of the molecule is CCOC(=O)COc1cccc(-c2cccc(-c3nc(-c4ccccc4)c(-c4ccccc4)o3)c2)c1. The average molecular weight is 476 g/mol. The van der Waals surface area contributed by atoms with E-state index < -0.39 is 5.97 Å². The first-order valence-corrected chi connectivity index (χ1v) is 11.8. The predicted molar refractivity (Wildman–Crippen MR) is 140 cm³/mol. The highest BCUT2D eigenvalue weighted by molar-refractivity contribution is 5.80. The molecule has 0 bridgehead atoms. The molecule has 0 radical (unpaired) electrons. The molecule has 0 unspecified atom stereocenters. The van der Waals surface area contributed by atoms with Crippen LogP contribution in [0, 0.1) is 0 Å². The molecule has 5 nitrogen and oxygen atoms in total. The number of aromatic nitrogens is 1. The molecule has 5 rings (SSSR count). The summed E-state index contributed by atoms with van der Waals surface area (Å²) in [6.45, 7) is 1.97. The molecular formula is C31H25NO4. The second-order valence-electron chi connectivity index (χ2n) is 8.13. The fourth-order valence-corrected chi connectivity index (χ4v) is 3.96. The summed E-state index contributed by atoms with van der Waals surface area (Å²) in [7, 11) is 0. The fraction of sp³-hybridized carbons (Fsp3) is 0.0968. The quantitative estimate of drug-likeness (QED) is 0.221. The normalized spacial score (nSPS) is 10.7. The number of hydrogen-bond acceptors (Lipinski definition) is 5. The molecule has 0 aliphatic carbocycles. The number of hydrogen-bond donors (Lipinski definition) is 0. The van der Waals surface area contributed by atoms with Gasteiger partial charge < -0.3 is 13.9 Å². The number of carbonyl (C=O) groups excluding carboxylic acids is 1. The van der Waals surface area contributed by atoms with Crippen molar-refractivity contribution in [1.82, 2.24) is 4.98 Å². The Kier molecular flexibility index (Phi) is 6.90. The van der Waals surface area contributed by atoms with Crippen LogP contribution in [0.15, 0.2) is 114 Å². The molecule has 0 amide bonds. The largest absolute Gasteiger partial charge is 0.482 e. The van der Waals surface area contributed by atoms with Crippen molar-refractivity contribution < 1.29 is 18.7 Å². The van der Waals surface area contributed by atoms with Gasteiger partial charge in [0.2, 0.25) is 5.89 Å². The molecule has 178 valence electrons. The minimum atomic E-state index is -0.391. The van der Waals surface area contributed by atoms with Gasteiger partial charge in [0.25, 0.3) is 0 Å². The Hall–Kier alpha value is -4.64. The summed E-state index contributed by atoms with van der Waals surface area (Å²) < 4.78 is 16.9. The van der Waals surface area contributed by atoms with Crippen molar-refractivity contribution in [1.29, 1.82) is 0 Å². The lowest BCUT2D eigenvalue weighted by molar-refractivity contribution is -0.145. The predicted octanol–water partition coefficient (Wildman–Crippen LogP) is 7.28. The summed E-state index contributed by atoms with van der Waals surface area (Å²) in [6.07, 6.45) is 0. The molecule has 0 saturated carbocycles. The zero-order valence-electron chi connectivity index (χ0n) is 19.9. The molecule has 0 atom stereocenters. The van der Waals surface area contributed by atoms with Gasteiger partial charge >= 0.3 is 5.97 Å². The van der Waals surface area contributed by atoms with Gasteiger partial charge in [-0.25, -0.2) is 9.78 Å². The van der Waals surface area contributed by atoms with Gasteiger partial charge in [-0.05, 0) is 42.3 Å². The van der Waals surface area contributed by atoms with E-state index in [1.54, 1.807) is 6.92 Å². The molecule has 0 saturated heterocycles. The smallest absolute Gasteiger partial charge is 0.344 e. The van der Waals surface area contributed by atoms with E-state index in [2.05, 4.69) is 0 Å². The van der Waals surface area contributed by atoms with Gasteiger partial charge in [-0.3, -0.25) is 0 Å². The molecule has 1 heterocycles. The van der Waals surface area contributed by atoms with Crippen LogP contribution in [0.25, 0.3) is 45.2 Å². The standard InChI is InChI=1S/C31H25NO4/c1-2-34-28(33)21-35-27-18-10-16-25(20-27)24-15-9-17-26(19-24)31-32-29(22-11-5-3-6-12-22)30(36-31)23-13-7-4-8-14-23/h3-20H,2,21H2,1H3. The van der Waals surface area contributed by atoms with Crippen molar-refractivity contribution in [2.75, 3.05) is 13.2 Å². The van der Waals surface area contributed by atoms with E-state index in [9.17, 15) is 4.79 Å². The first-order valence-electron chi connectivity index (χ1n) is 11.8. The summed E-state index contributed by atoms with van der Waals surface area (Å²) in [5.74, 6) is 1.48. The fourth-order valence-electron chi connectivity index (χ4n) is 3.96. The van der Waals surface area contributed by atoms with E-state index >= 15 is 0 Å². The van der Waals surface area contributed by atoms with Gasteiger partial charge in [0.05, 0.1) is 6.61 Å². The van der Waals surface area contributed by atoms with Crippen LogP contribution < -0.4 is 4.74 Å². The van der Waals surface area contributed by atoms with Crippen LogP contribution in [0.4, 0.5) is 0 Å². The van der Waals surface area contributed by atoms with Gasteiger partial charge in [0.1, 0.15) is 11.4 Å². The van der Waals surface area contributed by atoms with Crippen LogP contribution in [0.1, 0.15) is 6.92 Å². The first-order chi connectivity index (χ1) is 17.7. The van der Waals surface area contributed by atoms with Crippen LogP contribution in [-0.2, 0) is 9.53 Å². The van der Waals surface area contributed by atoms with Crippen molar-refractivity contribution in [3.63, 3.8) is 0 Å². The Morgan fingerprint density at radius 2 is 1.33 bits per heavy atom. The van der Waals surface area contributed by atoms with Gasteiger partial charge in [-0.1, -0.05) is 84.9 Å². The maximum atomic E-state index is 11.6. The van der Waals surface area contributed by atoms with Gasteiger partial charge in [-0.2, -0.15) is 0 Å². The van der Waals surface area contributed by atoms with E-state index in [0.29, 0.717) is 18.2 Å². The van der Waals surface area contributed by atoms with Crippen LogP contribution >= 0.6 is 0 Å². The highest BCUT2D eigenvalue weighted by atomic mass is 16.6. The molecule has 4 aromatic carbocycles. The van der Waals surface area contributed by atoms with E-state index in [0.717, 1.165) is 39.3 Å². The van der Waals surface area contributed by atoms with Crippen LogP contribution in [0.2, 0.25) is 0 Å². The Balaban J connectivity index is 1.48. The number of ether oxygens (including phenoxy) is 2.